The number of ether oxygens (including phenoxy) is 1. The van der Waals surface area contributed by atoms with Crippen LogP contribution in [0.4, 0.5) is 0 Å². The summed E-state index contributed by atoms with van der Waals surface area (Å²) in [4.78, 5) is 11.4. The number of nitrogens with zero attached hydrogens (tertiary/aromatic N) is 2. The number of rotatable bonds is 6. The molecule has 90 valence electrons. The van der Waals surface area contributed by atoms with E-state index in [0.29, 0.717) is 5.75 Å². The lowest BCUT2D eigenvalue weighted by Crippen LogP contribution is -2.39. The first-order valence-corrected chi connectivity index (χ1v) is 6.71. The average Bonchev–Trinajstić information content (AvgIpc) is 2.69. The molecule has 0 radical (unpaired) electrons. The molecule has 0 aliphatic rings. The molecule has 0 amide bonds. The molecule has 1 rings (SSSR count). The van der Waals surface area contributed by atoms with E-state index < -0.39 is 0 Å². The molecule has 0 saturated carbocycles. The molecule has 1 aromatic heterocycles. The number of esters is 1. The van der Waals surface area contributed by atoms with Crippen LogP contribution in [-0.4, -0.2) is 41.6 Å². The number of carbonyl (C=O) groups excluding carboxylic acids is 1. The SMILES string of the molecule is CCNC(CSc1nnc(C)s1)C(=O)OC. The predicted molar refractivity (Wildman–Crippen MR) is 64.9 cm³/mol. The van der Waals surface area contributed by atoms with E-state index in [1.54, 1.807) is 0 Å². The first-order chi connectivity index (χ1) is 7.67. The van der Waals surface area contributed by atoms with E-state index in [1.165, 1.54) is 30.2 Å². The Labute approximate surface area is 103 Å². The number of carbonyl (C=O) groups is 1. The number of nitrogens with one attached hydrogen (secondary N) is 1. The van der Waals surface area contributed by atoms with Crippen molar-refractivity contribution >= 4 is 29.1 Å². The van der Waals surface area contributed by atoms with Gasteiger partial charge in [0.1, 0.15) is 11.0 Å². The molecule has 5 nitrogen and oxygen atoms in total. The molecule has 0 fully saturated rings. The molecule has 0 spiro atoms. The van der Waals surface area contributed by atoms with Crippen molar-refractivity contribution in [3.05, 3.63) is 5.01 Å². The van der Waals surface area contributed by atoms with Crippen LogP contribution >= 0.6 is 23.1 Å². The molecule has 1 N–H and O–H groups in total. The molecule has 1 heterocycles. The molecule has 1 aromatic rings. The highest BCUT2D eigenvalue weighted by Gasteiger charge is 2.18. The summed E-state index contributed by atoms with van der Waals surface area (Å²) in [6.45, 7) is 4.59. The van der Waals surface area contributed by atoms with Crippen LogP contribution < -0.4 is 5.32 Å². The van der Waals surface area contributed by atoms with Gasteiger partial charge in [-0.2, -0.15) is 0 Å². The third-order valence-electron chi connectivity index (χ3n) is 1.82. The van der Waals surface area contributed by atoms with Crippen LogP contribution in [-0.2, 0) is 9.53 Å². The summed E-state index contributed by atoms with van der Waals surface area (Å²) in [6, 6.07) is -0.288. The van der Waals surface area contributed by atoms with Crippen molar-refractivity contribution < 1.29 is 9.53 Å². The van der Waals surface area contributed by atoms with Gasteiger partial charge in [-0.1, -0.05) is 30.0 Å². The Kier molecular flexibility index (Phi) is 5.72. The van der Waals surface area contributed by atoms with Crippen molar-refractivity contribution in [3.63, 3.8) is 0 Å². The fraction of sp³-hybridized carbons (Fsp3) is 0.667. The zero-order chi connectivity index (χ0) is 12.0. The Hall–Kier alpha value is -0.660. The Morgan fingerprint density at radius 2 is 2.38 bits per heavy atom. The molecule has 0 saturated heterocycles. The van der Waals surface area contributed by atoms with E-state index in [9.17, 15) is 4.79 Å². The number of thioether (sulfide) groups is 1. The number of aromatic nitrogens is 2. The quantitative estimate of drug-likeness (QED) is 0.611. The fourth-order valence-corrected chi connectivity index (χ4v) is 2.97. The van der Waals surface area contributed by atoms with Crippen LogP contribution in [0.2, 0.25) is 0 Å². The van der Waals surface area contributed by atoms with E-state index in [4.69, 9.17) is 4.74 Å². The second kappa shape index (κ2) is 6.82. The van der Waals surface area contributed by atoms with E-state index in [0.717, 1.165) is 15.9 Å². The van der Waals surface area contributed by atoms with Crippen molar-refractivity contribution in [2.24, 2.45) is 0 Å². The van der Waals surface area contributed by atoms with Crippen LogP contribution in [0, 0.1) is 6.92 Å². The largest absolute Gasteiger partial charge is 0.468 e. The van der Waals surface area contributed by atoms with Gasteiger partial charge in [0.25, 0.3) is 0 Å². The van der Waals surface area contributed by atoms with Crippen molar-refractivity contribution in [1.29, 1.82) is 0 Å². The number of aryl methyl sites for hydroxylation is 1. The zero-order valence-electron chi connectivity index (χ0n) is 9.52. The van der Waals surface area contributed by atoms with Gasteiger partial charge in [0.05, 0.1) is 7.11 Å². The van der Waals surface area contributed by atoms with Gasteiger partial charge in [-0.25, -0.2) is 0 Å². The van der Waals surface area contributed by atoms with Gasteiger partial charge in [0.15, 0.2) is 4.34 Å². The first kappa shape index (κ1) is 13.4. The number of likely N-dealkylation sites (N-methyl/N-ethyl adjacent to an activating group) is 1. The third kappa shape index (κ3) is 4.07. The van der Waals surface area contributed by atoms with E-state index in [2.05, 4.69) is 15.5 Å². The lowest BCUT2D eigenvalue weighted by atomic mass is 10.3. The number of hydrogen-bond donors (Lipinski definition) is 1. The molecular weight excluding hydrogens is 246 g/mol. The van der Waals surface area contributed by atoms with Crippen LogP contribution in [0.1, 0.15) is 11.9 Å². The Morgan fingerprint density at radius 1 is 1.62 bits per heavy atom. The van der Waals surface area contributed by atoms with Gasteiger partial charge in [-0.15, -0.1) is 10.2 Å². The highest BCUT2D eigenvalue weighted by molar-refractivity contribution is 8.01. The molecule has 0 aliphatic heterocycles. The first-order valence-electron chi connectivity index (χ1n) is 4.91. The second-order valence-corrected chi connectivity index (χ2v) is 5.48. The highest BCUT2D eigenvalue weighted by atomic mass is 32.2. The van der Waals surface area contributed by atoms with Gasteiger partial charge in [-0.05, 0) is 13.5 Å². The standard InChI is InChI=1S/C9H15N3O2S2/c1-4-10-7(8(13)14-3)5-15-9-12-11-6(2)16-9/h7,10H,4-5H2,1-3H3. The van der Waals surface area contributed by atoms with Gasteiger partial charge >= 0.3 is 5.97 Å². The van der Waals surface area contributed by atoms with E-state index in [1.807, 2.05) is 13.8 Å². The molecule has 16 heavy (non-hydrogen) atoms. The Morgan fingerprint density at radius 3 is 2.88 bits per heavy atom. The average molecular weight is 261 g/mol. The van der Waals surface area contributed by atoms with E-state index >= 15 is 0 Å². The van der Waals surface area contributed by atoms with Crippen LogP contribution in [0.5, 0.6) is 0 Å². The normalized spacial score (nSPS) is 12.4. The number of methoxy groups -OCH3 is 1. The smallest absolute Gasteiger partial charge is 0.323 e. The summed E-state index contributed by atoms with van der Waals surface area (Å²) in [5, 5.41) is 11.9. The zero-order valence-corrected chi connectivity index (χ0v) is 11.2. The van der Waals surface area contributed by atoms with Crippen molar-refractivity contribution in [1.82, 2.24) is 15.5 Å². The summed E-state index contributed by atoms with van der Waals surface area (Å²) in [6.07, 6.45) is 0. The molecule has 0 bridgehead atoms. The lowest BCUT2D eigenvalue weighted by Gasteiger charge is -2.13. The van der Waals surface area contributed by atoms with Crippen molar-refractivity contribution in [2.45, 2.75) is 24.2 Å². The molecule has 1 unspecified atom stereocenters. The maximum absolute atomic E-state index is 11.4. The minimum atomic E-state index is -0.288. The minimum absolute atomic E-state index is 0.240. The molecule has 0 aliphatic carbocycles. The maximum Gasteiger partial charge on any atom is 0.323 e. The molecule has 7 heteroatoms. The topological polar surface area (TPSA) is 64.1 Å². The maximum atomic E-state index is 11.4. The van der Waals surface area contributed by atoms with Gasteiger partial charge in [0, 0.05) is 5.75 Å². The summed E-state index contributed by atoms with van der Waals surface area (Å²) >= 11 is 3.04. The summed E-state index contributed by atoms with van der Waals surface area (Å²) in [7, 11) is 1.40. The molecular formula is C9H15N3O2S2. The summed E-state index contributed by atoms with van der Waals surface area (Å²) < 4.78 is 5.59. The van der Waals surface area contributed by atoms with Crippen molar-refractivity contribution in [3.8, 4) is 0 Å². The summed E-state index contributed by atoms with van der Waals surface area (Å²) in [5.74, 6) is 0.366. The van der Waals surface area contributed by atoms with Crippen LogP contribution in [0.15, 0.2) is 4.34 Å². The lowest BCUT2D eigenvalue weighted by molar-refractivity contribution is -0.142. The monoisotopic (exact) mass is 261 g/mol. The third-order valence-corrected chi connectivity index (χ3v) is 3.88. The van der Waals surface area contributed by atoms with Gasteiger partial charge in [0.2, 0.25) is 0 Å². The predicted octanol–water partition coefficient (Wildman–Crippen LogP) is 1.09. The Bertz CT molecular complexity index is 343. The summed E-state index contributed by atoms with van der Waals surface area (Å²) in [5.41, 5.74) is 0. The van der Waals surface area contributed by atoms with E-state index in [-0.39, 0.29) is 12.0 Å². The molecule has 0 aromatic carbocycles. The van der Waals surface area contributed by atoms with Crippen molar-refractivity contribution in [2.75, 3.05) is 19.4 Å². The minimum Gasteiger partial charge on any atom is -0.468 e. The van der Waals surface area contributed by atoms with Crippen LogP contribution in [0.3, 0.4) is 0 Å². The van der Waals surface area contributed by atoms with Gasteiger partial charge in [-0.3, -0.25) is 4.79 Å². The molecule has 1 atom stereocenters. The van der Waals surface area contributed by atoms with Crippen LogP contribution in [0.25, 0.3) is 0 Å². The van der Waals surface area contributed by atoms with Gasteiger partial charge < -0.3 is 10.1 Å². The Balaban J connectivity index is 2.46. The highest BCUT2D eigenvalue weighted by Crippen LogP contribution is 2.22. The number of hydrogen-bond acceptors (Lipinski definition) is 7. The fourth-order valence-electron chi connectivity index (χ4n) is 1.09. The second-order valence-electron chi connectivity index (χ2n) is 3.03.